The highest BCUT2D eigenvalue weighted by Crippen LogP contribution is 2.32. The molecule has 3 rings (SSSR count). The Hall–Kier alpha value is -1.77. The Morgan fingerprint density at radius 3 is 2.65 bits per heavy atom. The molecule has 0 saturated carbocycles. The fourth-order valence-electron chi connectivity index (χ4n) is 2.36. The molecule has 3 aromatic rings. The Labute approximate surface area is 126 Å². The minimum atomic E-state index is -0.0981. The van der Waals surface area contributed by atoms with Gasteiger partial charge in [0.15, 0.2) is 5.78 Å². The number of aromatic nitrogens is 1. The first-order chi connectivity index (χ1) is 9.70. The van der Waals surface area contributed by atoms with Gasteiger partial charge in [-0.15, -0.1) is 11.6 Å². The van der Waals surface area contributed by atoms with E-state index in [-0.39, 0.29) is 11.7 Å². The molecule has 0 fully saturated rings. The fourth-order valence-corrected chi connectivity index (χ4v) is 2.68. The van der Waals surface area contributed by atoms with Crippen LogP contribution in [0.1, 0.15) is 10.4 Å². The zero-order valence-electron chi connectivity index (χ0n) is 10.5. The number of rotatable bonds is 3. The smallest absolute Gasteiger partial charge is 0.180 e. The van der Waals surface area contributed by atoms with Crippen molar-refractivity contribution in [3.63, 3.8) is 0 Å². The predicted molar refractivity (Wildman–Crippen MR) is 83.8 cm³/mol. The Morgan fingerprint density at radius 1 is 1.10 bits per heavy atom. The number of nitrogens with one attached hydrogen (secondary N) is 1. The summed E-state index contributed by atoms with van der Waals surface area (Å²) in [6, 6.07) is 15.1. The summed E-state index contributed by atoms with van der Waals surface area (Å²) in [6.07, 6.45) is 0. The van der Waals surface area contributed by atoms with Crippen LogP contribution in [-0.2, 0) is 0 Å². The Bertz CT molecular complexity index is 792. The second-order valence-electron chi connectivity index (χ2n) is 4.49. The number of H-pyrrole nitrogens is 1. The highest BCUT2D eigenvalue weighted by Gasteiger charge is 2.18. The molecule has 0 bridgehead atoms. The van der Waals surface area contributed by atoms with Crippen LogP contribution in [0.4, 0.5) is 0 Å². The van der Waals surface area contributed by atoms with Crippen LogP contribution in [0.15, 0.2) is 48.5 Å². The van der Waals surface area contributed by atoms with Gasteiger partial charge in [0.1, 0.15) is 0 Å². The largest absolute Gasteiger partial charge is 0.354 e. The highest BCUT2D eigenvalue weighted by atomic mass is 35.5. The summed E-state index contributed by atoms with van der Waals surface area (Å²) >= 11 is 11.8. The van der Waals surface area contributed by atoms with E-state index in [1.54, 1.807) is 6.07 Å². The lowest BCUT2D eigenvalue weighted by atomic mass is 10.0. The Kier molecular flexibility index (Phi) is 3.51. The molecule has 0 atom stereocenters. The van der Waals surface area contributed by atoms with E-state index in [9.17, 15) is 4.79 Å². The number of Topliss-reactive ketones (excluding diaryl/α,β-unsaturated/α-hetero) is 1. The predicted octanol–water partition coefficient (Wildman–Crippen LogP) is 4.91. The maximum absolute atomic E-state index is 12.2. The molecule has 1 heterocycles. The third-order valence-electron chi connectivity index (χ3n) is 3.22. The van der Waals surface area contributed by atoms with E-state index in [1.165, 1.54) is 0 Å². The number of carbonyl (C=O) groups excluding carboxylic acids is 1. The lowest BCUT2D eigenvalue weighted by molar-refractivity contribution is 0.102. The van der Waals surface area contributed by atoms with Crippen LogP contribution in [0.2, 0.25) is 5.02 Å². The van der Waals surface area contributed by atoms with Crippen molar-refractivity contribution in [2.75, 3.05) is 5.88 Å². The summed E-state index contributed by atoms with van der Waals surface area (Å²) < 4.78 is 0. The summed E-state index contributed by atoms with van der Waals surface area (Å²) in [6.45, 7) is 0. The van der Waals surface area contributed by atoms with Crippen LogP contribution in [0.5, 0.6) is 0 Å². The van der Waals surface area contributed by atoms with Gasteiger partial charge in [-0.2, -0.15) is 0 Å². The Morgan fingerprint density at radius 2 is 1.90 bits per heavy atom. The molecule has 0 amide bonds. The van der Waals surface area contributed by atoms with Gasteiger partial charge in [0, 0.05) is 21.5 Å². The third-order valence-corrected chi connectivity index (χ3v) is 3.70. The van der Waals surface area contributed by atoms with Crippen LogP contribution < -0.4 is 0 Å². The van der Waals surface area contributed by atoms with Gasteiger partial charge < -0.3 is 4.98 Å². The maximum Gasteiger partial charge on any atom is 0.180 e. The molecule has 1 N–H and O–H groups in total. The number of hydrogen-bond acceptors (Lipinski definition) is 1. The van der Waals surface area contributed by atoms with E-state index in [0.717, 1.165) is 22.2 Å². The van der Waals surface area contributed by atoms with Crippen molar-refractivity contribution in [1.29, 1.82) is 0 Å². The molecule has 0 spiro atoms. The molecule has 0 aliphatic heterocycles. The van der Waals surface area contributed by atoms with Gasteiger partial charge >= 0.3 is 0 Å². The van der Waals surface area contributed by atoms with Crippen LogP contribution in [-0.4, -0.2) is 16.6 Å². The second kappa shape index (κ2) is 5.31. The summed E-state index contributed by atoms with van der Waals surface area (Å²) in [5.74, 6) is -0.144. The minimum Gasteiger partial charge on any atom is -0.354 e. The average molecular weight is 304 g/mol. The van der Waals surface area contributed by atoms with Gasteiger partial charge in [0.25, 0.3) is 0 Å². The van der Waals surface area contributed by atoms with E-state index in [4.69, 9.17) is 23.2 Å². The number of benzene rings is 2. The van der Waals surface area contributed by atoms with Gasteiger partial charge in [0.2, 0.25) is 0 Å². The molecular formula is C16H11Cl2NO. The van der Waals surface area contributed by atoms with E-state index in [1.807, 2.05) is 42.5 Å². The van der Waals surface area contributed by atoms with Crippen LogP contribution in [0.25, 0.3) is 22.2 Å². The third kappa shape index (κ3) is 2.21. The molecule has 0 unspecified atom stereocenters. The average Bonchev–Trinajstić information content (AvgIpc) is 2.86. The quantitative estimate of drug-likeness (QED) is 0.541. The standard InChI is InChI=1S/C16H11Cl2NO/c17-9-14(20)15-12-6-1-2-7-13(12)19-16(15)10-4-3-5-11(18)8-10/h1-8,19H,9H2. The number of alkyl halides is 1. The number of halogens is 2. The van der Waals surface area contributed by atoms with Crippen molar-refractivity contribution in [1.82, 2.24) is 4.98 Å². The van der Waals surface area contributed by atoms with Crippen molar-refractivity contribution < 1.29 is 4.79 Å². The van der Waals surface area contributed by atoms with E-state index in [2.05, 4.69) is 4.98 Å². The molecule has 20 heavy (non-hydrogen) atoms. The highest BCUT2D eigenvalue weighted by molar-refractivity contribution is 6.33. The van der Waals surface area contributed by atoms with Crippen molar-refractivity contribution in [3.05, 3.63) is 59.1 Å². The number of fused-ring (bicyclic) bond motifs is 1. The topological polar surface area (TPSA) is 32.9 Å². The molecule has 2 nitrogen and oxygen atoms in total. The normalized spacial score (nSPS) is 10.9. The number of aromatic amines is 1. The van der Waals surface area contributed by atoms with Crippen LogP contribution in [0, 0.1) is 0 Å². The summed E-state index contributed by atoms with van der Waals surface area (Å²) in [5.41, 5.74) is 3.18. The molecule has 0 saturated heterocycles. The second-order valence-corrected chi connectivity index (χ2v) is 5.19. The van der Waals surface area contributed by atoms with Crippen molar-refractivity contribution in [2.45, 2.75) is 0 Å². The summed E-state index contributed by atoms with van der Waals surface area (Å²) in [4.78, 5) is 15.5. The summed E-state index contributed by atoms with van der Waals surface area (Å²) in [5, 5.41) is 1.51. The molecule has 0 radical (unpaired) electrons. The van der Waals surface area contributed by atoms with Crippen LogP contribution in [0.3, 0.4) is 0 Å². The first kappa shape index (κ1) is 13.2. The molecule has 1 aromatic heterocycles. The zero-order chi connectivity index (χ0) is 14.1. The van der Waals surface area contributed by atoms with Gasteiger partial charge in [-0.05, 0) is 18.2 Å². The van der Waals surface area contributed by atoms with E-state index >= 15 is 0 Å². The number of para-hydroxylation sites is 1. The van der Waals surface area contributed by atoms with Crippen molar-refractivity contribution >= 4 is 39.9 Å². The maximum atomic E-state index is 12.2. The van der Waals surface area contributed by atoms with Gasteiger partial charge in [-0.1, -0.05) is 41.9 Å². The molecule has 0 aliphatic rings. The molecule has 4 heteroatoms. The lowest BCUT2D eigenvalue weighted by Crippen LogP contribution is -2.01. The molecule has 100 valence electrons. The van der Waals surface area contributed by atoms with Gasteiger partial charge in [0.05, 0.1) is 17.1 Å². The van der Waals surface area contributed by atoms with Gasteiger partial charge in [-0.25, -0.2) is 0 Å². The SMILES string of the molecule is O=C(CCl)c1c(-c2cccc(Cl)c2)[nH]c2ccccc12. The zero-order valence-corrected chi connectivity index (χ0v) is 12.0. The lowest BCUT2D eigenvalue weighted by Gasteiger charge is -2.03. The first-order valence-corrected chi connectivity index (χ1v) is 7.08. The first-order valence-electron chi connectivity index (χ1n) is 6.16. The number of ketones is 1. The van der Waals surface area contributed by atoms with Gasteiger partial charge in [-0.3, -0.25) is 4.79 Å². The molecular weight excluding hydrogens is 293 g/mol. The van der Waals surface area contributed by atoms with E-state index in [0.29, 0.717) is 10.6 Å². The molecule has 2 aromatic carbocycles. The van der Waals surface area contributed by atoms with Crippen molar-refractivity contribution in [3.8, 4) is 11.3 Å². The van der Waals surface area contributed by atoms with Crippen LogP contribution >= 0.6 is 23.2 Å². The summed E-state index contributed by atoms with van der Waals surface area (Å²) in [7, 11) is 0. The van der Waals surface area contributed by atoms with Crippen molar-refractivity contribution in [2.24, 2.45) is 0 Å². The number of carbonyl (C=O) groups is 1. The molecule has 0 aliphatic carbocycles. The fraction of sp³-hybridized carbons (Fsp3) is 0.0625. The monoisotopic (exact) mass is 303 g/mol. The minimum absolute atomic E-state index is 0.0462. The van der Waals surface area contributed by atoms with E-state index < -0.39 is 0 Å². The number of hydrogen-bond donors (Lipinski definition) is 1. The Balaban J connectivity index is 2.32.